The highest BCUT2D eigenvalue weighted by Crippen LogP contribution is 2.35. The zero-order chi connectivity index (χ0) is 10.9. The molecule has 2 rings (SSSR count). The molecule has 0 unspecified atom stereocenters. The number of hydrogen-bond donors (Lipinski definition) is 2. The van der Waals surface area contributed by atoms with Gasteiger partial charge in [0, 0.05) is 0 Å². The topological polar surface area (TPSA) is 92.2 Å². The lowest BCUT2D eigenvalue weighted by Crippen LogP contribution is -2.43. The number of carbonyl (C=O) groups excluding carboxylic acids is 1. The van der Waals surface area contributed by atoms with Gasteiger partial charge in [-0.25, -0.2) is 4.79 Å². The number of aromatic nitrogens is 2. The number of carboxylic acids is 1. The molecule has 0 atom stereocenters. The van der Waals surface area contributed by atoms with Crippen LogP contribution in [-0.2, 0) is 4.79 Å². The van der Waals surface area contributed by atoms with Crippen LogP contribution in [0.4, 0.5) is 0 Å². The van der Waals surface area contributed by atoms with Crippen molar-refractivity contribution in [2.24, 2.45) is 0 Å². The molecular formula is C9H9N3O3. The van der Waals surface area contributed by atoms with E-state index in [4.69, 9.17) is 5.11 Å². The van der Waals surface area contributed by atoms with Crippen molar-refractivity contribution < 1.29 is 14.7 Å². The molecule has 1 aliphatic carbocycles. The molecule has 1 fully saturated rings. The van der Waals surface area contributed by atoms with Gasteiger partial charge in [-0.05, 0) is 18.9 Å². The minimum Gasteiger partial charge on any atom is -0.480 e. The van der Waals surface area contributed by atoms with Crippen molar-refractivity contribution in [2.75, 3.05) is 0 Å². The molecule has 1 amide bonds. The fourth-order valence-corrected chi connectivity index (χ4v) is 1.23. The number of carboxylic acid groups (broad SMARTS) is 1. The Balaban J connectivity index is 2.08. The summed E-state index contributed by atoms with van der Waals surface area (Å²) >= 11 is 0. The van der Waals surface area contributed by atoms with Crippen LogP contribution in [-0.4, -0.2) is 32.7 Å². The van der Waals surface area contributed by atoms with Gasteiger partial charge in [0.25, 0.3) is 5.91 Å². The fourth-order valence-electron chi connectivity index (χ4n) is 1.23. The summed E-state index contributed by atoms with van der Waals surface area (Å²) in [6.07, 6.45) is 3.64. The molecule has 1 aromatic rings. The minimum atomic E-state index is -1.06. The lowest BCUT2D eigenvalue weighted by Gasteiger charge is -2.11. The van der Waals surface area contributed by atoms with E-state index in [0.717, 1.165) is 0 Å². The molecule has 1 saturated carbocycles. The summed E-state index contributed by atoms with van der Waals surface area (Å²) in [4.78, 5) is 22.4. The van der Waals surface area contributed by atoms with E-state index in [1.54, 1.807) is 0 Å². The molecule has 0 saturated heterocycles. The zero-order valence-corrected chi connectivity index (χ0v) is 7.80. The molecule has 6 heteroatoms. The second-order valence-corrected chi connectivity index (χ2v) is 3.47. The Hall–Kier alpha value is -1.98. The number of nitrogens with one attached hydrogen (secondary N) is 1. The summed E-state index contributed by atoms with van der Waals surface area (Å²) in [6, 6.07) is 1.49. The molecule has 1 heterocycles. The Kier molecular flexibility index (Phi) is 2.11. The highest BCUT2D eigenvalue weighted by atomic mass is 16.4. The zero-order valence-electron chi connectivity index (χ0n) is 7.80. The van der Waals surface area contributed by atoms with Gasteiger partial charge in [0.2, 0.25) is 0 Å². The van der Waals surface area contributed by atoms with Crippen LogP contribution in [0.1, 0.15) is 23.2 Å². The van der Waals surface area contributed by atoms with Crippen molar-refractivity contribution in [1.29, 1.82) is 0 Å². The average Bonchev–Trinajstić information content (AvgIpc) is 3.00. The van der Waals surface area contributed by atoms with E-state index in [1.807, 2.05) is 0 Å². The molecule has 6 nitrogen and oxygen atoms in total. The average molecular weight is 207 g/mol. The van der Waals surface area contributed by atoms with Crippen molar-refractivity contribution >= 4 is 11.9 Å². The normalized spacial score (nSPS) is 16.8. The fraction of sp³-hybridized carbons (Fsp3) is 0.333. The van der Waals surface area contributed by atoms with Crippen LogP contribution < -0.4 is 5.32 Å². The van der Waals surface area contributed by atoms with Crippen LogP contribution in [0.2, 0.25) is 0 Å². The van der Waals surface area contributed by atoms with Crippen molar-refractivity contribution in [2.45, 2.75) is 18.4 Å². The van der Waals surface area contributed by atoms with Gasteiger partial charge >= 0.3 is 5.97 Å². The Morgan fingerprint density at radius 3 is 2.60 bits per heavy atom. The number of amides is 1. The number of carbonyl (C=O) groups is 2. The number of aliphatic carboxylic acids is 1. The lowest BCUT2D eigenvalue weighted by molar-refractivity contribution is -0.140. The molecular weight excluding hydrogens is 198 g/mol. The molecule has 1 aliphatic rings. The van der Waals surface area contributed by atoms with Crippen LogP contribution in [0.15, 0.2) is 18.5 Å². The Morgan fingerprint density at radius 2 is 2.13 bits per heavy atom. The predicted octanol–water partition coefficient (Wildman–Crippen LogP) is -0.176. The first-order chi connectivity index (χ1) is 7.14. The Morgan fingerprint density at radius 1 is 1.40 bits per heavy atom. The third-order valence-corrected chi connectivity index (χ3v) is 2.36. The van der Waals surface area contributed by atoms with Crippen LogP contribution in [0.5, 0.6) is 0 Å². The summed E-state index contributed by atoms with van der Waals surface area (Å²) < 4.78 is 0. The van der Waals surface area contributed by atoms with Crippen molar-refractivity contribution in [1.82, 2.24) is 15.5 Å². The summed E-state index contributed by atoms with van der Waals surface area (Å²) in [6.45, 7) is 0. The highest BCUT2D eigenvalue weighted by molar-refractivity contribution is 5.98. The standard InChI is InChI=1S/C9H9N3O3/c13-7(6-1-4-10-11-5-6)12-9(2-3-9)8(14)15/h1,4-5H,2-3H2,(H,12,13)(H,14,15). The first kappa shape index (κ1) is 9.57. The number of hydrogen-bond acceptors (Lipinski definition) is 4. The van der Waals surface area contributed by atoms with Gasteiger partial charge in [-0.2, -0.15) is 10.2 Å². The number of nitrogens with zero attached hydrogens (tertiary/aromatic N) is 2. The monoisotopic (exact) mass is 207 g/mol. The molecule has 78 valence electrons. The summed E-state index contributed by atoms with van der Waals surface area (Å²) in [5.74, 6) is -1.41. The van der Waals surface area contributed by atoms with Gasteiger partial charge in [-0.15, -0.1) is 0 Å². The van der Waals surface area contributed by atoms with E-state index in [9.17, 15) is 9.59 Å². The molecule has 1 aromatic heterocycles. The highest BCUT2D eigenvalue weighted by Gasteiger charge is 2.51. The third kappa shape index (κ3) is 1.78. The van der Waals surface area contributed by atoms with Crippen molar-refractivity contribution in [3.63, 3.8) is 0 Å². The van der Waals surface area contributed by atoms with E-state index < -0.39 is 17.4 Å². The maximum atomic E-state index is 11.6. The van der Waals surface area contributed by atoms with E-state index in [2.05, 4.69) is 15.5 Å². The molecule has 0 aromatic carbocycles. The van der Waals surface area contributed by atoms with Crippen LogP contribution >= 0.6 is 0 Å². The SMILES string of the molecule is O=C(NC1(C(=O)O)CC1)c1ccnnc1. The predicted molar refractivity (Wildman–Crippen MR) is 49.1 cm³/mol. The van der Waals surface area contributed by atoms with Gasteiger partial charge in [0.15, 0.2) is 0 Å². The number of rotatable bonds is 3. The molecule has 0 spiro atoms. The molecule has 0 aliphatic heterocycles. The van der Waals surface area contributed by atoms with E-state index in [-0.39, 0.29) is 0 Å². The second kappa shape index (κ2) is 3.30. The van der Waals surface area contributed by atoms with Crippen molar-refractivity contribution in [3.8, 4) is 0 Å². The van der Waals surface area contributed by atoms with Crippen LogP contribution in [0.3, 0.4) is 0 Å². The van der Waals surface area contributed by atoms with Gasteiger partial charge < -0.3 is 10.4 Å². The lowest BCUT2D eigenvalue weighted by atomic mass is 10.2. The summed E-state index contributed by atoms with van der Waals surface area (Å²) in [7, 11) is 0. The molecule has 2 N–H and O–H groups in total. The maximum absolute atomic E-state index is 11.6. The van der Waals surface area contributed by atoms with Crippen molar-refractivity contribution in [3.05, 3.63) is 24.0 Å². The van der Waals surface area contributed by atoms with Gasteiger partial charge in [0.05, 0.1) is 18.0 Å². The Bertz CT molecular complexity index is 400. The smallest absolute Gasteiger partial charge is 0.329 e. The summed E-state index contributed by atoms with van der Waals surface area (Å²) in [5, 5.41) is 18.4. The van der Waals surface area contributed by atoms with Gasteiger partial charge in [-0.3, -0.25) is 4.79 Å². The molecule has 0 bridgehead atoms. The third-order valence-electron chi connectivity index (χ3n) is 2.36. The maximum Gasteiger partial charge on any atom is 0.329 e. The van der Waals surface area contributed by atoms with Crippen LogP contribution in [0, 0.1) is 0 Å². The molecule has 15 heavy (non-hydrogen) atoms. The van der Waals surface area contributed by atoms with E-state index in [0.29, 0.717) is 18.4 Å². The first-order valence-electron chi connectivity index (χ1n) is 4.47. The first-order valence-corrected chi connectivity index (χ1v) is 4.47. The Labute approximate surface area is 85.3 Å². The molecule has 0 radical (unpaired) electrons. The quantitative estimate of drug-likeness (QED) is 0.717. The van der Waals surface area contributed by atoms with Crippen LogP contribution in [0.25, 0.3) is 0 Å². The largest absolute Gasteiger partial charge is 0.480 e. The van der Waals surface area contributed by atoms with Gasteiger partial charge in [0.1, 0.15) is 5.54 Å². The summed E-state index contributed by atoms with van der Waals surface area (Å²) in [5.41, 5.74) is -0.738. The van der Waals surface area contributed by atoms with Gasteiger partial charge in [-0.1, -0.05) is 0 Å². The second-order valence-electron chi connectivity index (χ2n) is 3.47. The minimum absolute atomic E-state index is 0.317. The van der Waals surface area contributed by atoms with E-state index >= 15 is 0 Å². The van der Waals surface area contributed by atoms with E-state index in [1.165, 1.54) is 18.5 Å².